The highest BCUT2D eigenvalue weighted by molar-refractivity contribution is 7.11. The molecule has 1 aliphatic heterocycles. The van der Waals surface area contributed by atoms with E-state index < -0.39 is 5.97 Å². The molecule has 2 N–H and O–H groups in total. The van der Waals surface area contributed by atoms with Gasteiger partial charge in [-0.05, 0) is 31.5 Å². The molecule has 0 amide bonds. The maximum absolute atomic E-state index is 12.2. The summed E-state index contributed by atoms with van der Waals surface area (Å²) in [6.45, 7) is 4.49. The maximum atomic E-state index is 12.2. The fraction of sp³-hybridized carbons (Fsp3) is 0.208. The number of nitrogens with one attached hydrogen (secondary N) is 1. The van der Waals surface area contributed by atoms with Gasteiger partial charge >= 0.3 is 5.97 Å². The van der Waals surface area contributed by atoms with Gasteiger partial charge in [0.25, 0.3) is 0 Å². The van der Waals surface area contributed by atoms with Crippen molar-refractivity contribution in [2.24, 2.45) is 0 Å². The highest BCUT2D eigenvalue weighted by Gasteiger charge is 2.31. The highest BCUT2D eigenvalue weighted by Crippen LogP contribution is 2.34. The van der Waals surface area contributed by atoms with Gasteiger partial charge in [-0.25, -0.2) is 9.78 Å². The van der Waals surface area contributed by atoms with Crippen molar-refractivity contribution in [3.05, 3.63) is 75.8 Å². The third-order valence-corrected chi connectivity index (χ3v) is 5.86. The second-order valence-corrected chi connectivity index (χ2v) is 8.20. The Balaban J connectivity index is 1.57. The average molecular weight is 434 g/mol. The molecular weight excluding hydrogens is 410 g/mol. The van der Waals surface area contributed by atoms with Crippen LogP contribution in [-0.2, 0) is 4.74 Å². The Hall–Kier alpha value is -3.45. The zero-order valence-corrected chi connectivity index (χ0v) is 18.2. The number of esters is 1. The number of benzene rings is 2. The van der Waals surface area contributed by atoms with Crippen LogP contribution in [0.5, 0.6) is 0 Å². The number of aryl methyl sites for hydroxylation is 1. The fourth-order valence-corrected chi connectivity index (χ4v) is 4.24. The van der Waals surface area contributed by atoms with Crippen molar-refractivity contribution in [1.29, 1.82) is 5.41 Å². The highest BCUT2D eigenvalue weighted by atomic mass is 32.1. The largest absolute Gasteiger partial charge is 0.510 e. The van der Waals surface area contributed by atoms with Crippen molar-refractivity contribution in [2.45, 2.75) is 20.3 Å². The summed E-state index contributed by atoms with van der Waals surface area (Å²) in [6.07, 6.45) is 0.752. The second-order valence-electron chi connectivity index (χ2n) is 7.35. The summed E-state index contributed by atoms with van der Waals surface area (Å²) in [5.74, 6) is -0.148. The van der Waals surface area contributed by atoms with Crippen molar-refractivity contribution in [2.75, 3.05) is 18.1 Å². The van der Waals surface area contributed by atoms with E-state index in [1.165, 1.54) is 16.9 Å². The quantitative estimate of drug-likeness (QED) is 0.505. The van der Waals surface area contributed by atoms with Crippen LogP contribution in [0.1, 0.15) is 34.3 Å². The lowest BCUT2D eigenvalue weighted by atomic mass is 10.1. The van der Waals surface area contributed by atoms with E-state index in [0.29, 0.717) is 28.4 Å². The van der Waals surface area contributed by atoms with E-state index in [4.69, 9.17) is 10.1 Å². The molecule has 0 radical (unpaired) electrons. The van der Waals surface area contributed by atoms with Gasteiger partial charge in [0.2, 0.25) is 0 Å². The molecule has 3 aromatic rings. The first-order valence-corrected chi connectivity index (χ1v) is 10.9. The molecule has 0 bridgehead atoms. The van der Waals surface area contributed by atoms with Crippen molar-refractivity contribution < 1.29 is 14.6 Å². The third kappa shape index (κ3) is 4.22. The molecule has 0 saturated carbocycles. The first-order chi connectivity index (χ1) is 15.0. The van der Waals surface area contributed by atoms with E-state index in [1.54, 1.807) is 29.2 Å². The Morgan fingerprint density at radius 2 is 2.03 bits per heavy atom. The van der Waals surface area contributed by atoms with E-state index in [0.717, 1.165) is 17.7 Å². The lowest BCUT2D eigenvalue weighted by molar-refractivity contribution is 0.0505. The molecule has 4 rings (SSSR count). The average Bonchev–Trinajstić information content (AvgIpc) is 3.36. The SMILES string of the molecule is CCCOC(=O)c1cccc(N2CC(O)=C(c3nc(-c4ccc(C)cc4)cs3)C2=N)c1. The van der Waals surface area contributed by atoms with Crippen LogP contribution >= 0.6 is 11.3 Å². The van der Waals surface area contributed by atoms with Gasteiger partial charge in [0.1, 0.15) is 16.6 Å². The maximum Gasteiger partial charge on any atom is 0.338 e. The number of rotatable bonds is 6. The summed E-state index contributed by atoms with van der Waals surface area (Å²) < 4.78 is 5.21. The Kier molecular flexibility index (Phi) is 5.86. The Labute approximate surface area is 185 Å². The van der Waals surface area contributed by atoms with Crippen LogP contribution in [0, 0.1) is 12.3 Å². The molecule has 31 heavy (non-hydrogen) atoms. The molecule has 0 fully saturated rings. The molecule has 0 atom stereocenters. The Morgan fingerprint density at radius 1 is 1.26 bits per heavy atom. The molecule has 0 spiro atoms. The minimum atomic E-state index is -0.394. The van der Waals surface area contributed by atoms with Crippen LogP contribution < -0.4 is 4.90 Å². The molecule has 7 heteroatoms. The summed E-state index contributed by atoms with van der Waals surface area (Å²) in [7, 11) is 0. The number of carbonyl (C=O) groups excluding carboxylic acids is 1. The van der Waals surface area contributed by atoms with Gasteiger partial charge in [0, 0.05) is 16.6 Å². The number of aliphatic hydroxyl groups is 1. The third-order valence-electron chi connectivity index (χ3n) is 5.00. The van der Waals surface area contributed by atoms with Crippen LogP contribution in [0.15, 0.2) is 59.7 Å². The standard InChI is InChI=1S/C24H23N3O3S/c1-3-11-30-24(29)17-5-4-6-18(12-17)27-13-20(28)21(22(27)25)23-26-19(14-31-23)16-9-7-15(2)8-10-16/h4-10,12,14,25,28H,3,11,13H2,1-2H3. The van der Waals surface area contributed by atoms with Crippen molar-refractivity contribution in [3.63, 3.8) is 0 Å². The van der Waals surface area contributed by atoms with Crippen LogP contribution in [0.25, 0.3) is 16.8 Å². The molecular formula is C24H23N3O3S. The zero-order valence-electron chi connectivity index (χ0n) is 17.4. The normalized spacial score (nSPS) is 13.7. The summed E-state index contributed by atoms with van der Waals surface area (Å²) in [4.78, 5) is 18.5. The summed E-state index contributed by atoms with van der Waals surface area (Å²) in [5.41, 5.74) is 4.46. The lowest BCUT2D eigenvalue weighted by Gasteiger charge is -2.19. The van der Waals surface area contributed by atoms with E-state index in [-0.39, 0.29) is 18.1 Å². The smallest absolute Gasteiger partial charge is 0.338 e. The van der Waals surface area contributed by atoms with E-state index in [2.05, 4.69) is 4.98 Å². The van der Waals surface area contributed by atoms with Crippen LogP contribution in [0.2, 0.25) is 0 Å². The Bertz CT molecular complexity index is 1160. The Morgan fingerprint density at radius 3 is 2.77 bits per heavy atom. The zero-order chi connectivity index (χ0) is 22.0. The molecule has 2 aromatic carbocycles. The van der Waals surface area contributed by atoms with Gasteiger partial charge in [-0.15, -0.1) is 11.3 Å². The summed E-state index contributed by atoms with van der Waals surface area (Å²) in [6, 6.07) is 15.0. The fourth-order valence-electron chi connectivity index (χ4n) is 3.35. The molecule has 1 aromatic heterocycles. The van der Waals surface area contributed by atoms with Crippen LogP contribution in [0.4, 0.5) is 5.69 Å². The topological polar surface area (TPSA) is 86.5 Å². The van der Waals surface area contributed by atoms with Gasteiger partial charge in [-0.3, -0.25) is 5.41 Å². The minimum Gasteiger partial charge on any atom is -0.510 e. The number of thiazole rings is 1. The first-order valence-electron chi connectivity index (χ1n) is 10.1. The first kappa shape index (κ1) is 20.8. The van der Waals surface area contributed by atoms with E-state index in [1.807, 2.05) is 43.5 Å². The number of hydrogen-bond donors (Lipinski definition) is 2. The van der Waals surface area contributed by atoms with E-state index >= 15 is 0 Å². The van der Waals surface area contributed by atoms with Crippen molar-refractivity contribution >= 4 is 34.4 Å². The summed E-state index contributed by atoms with van der Waals surface area (Å²) >= 11 is 1.40. The molecule has 0 unspecified atom stereocenters. The molecule has 6 nitrogen and oxygen atoms in total. The van der Waals surface area contributed by atoms with Crippen molar-refractivity contribution in [1.82, 2.24) is 4.98 Å². The van der Waals surface area contributed by atoms with Gasteiger partial charge in [0.15, 0.2) is 0 Å². The number of ether oxygens (including phenoxy) is 1. The molecule has 2 heterocycles. The monoisotopic (exact) mass is 433 g/mol. The number of nitrogens with zero attached hydrogens (tertiary/aromatic N) is 2. The molecule has 0 aliphatic carbocycles. The molecule has 0 saturated heterocycles. The minimum absolute atomic E-state index is 0.0915. The lowest BCUT2D eigenvalue weighted by Crippen LogP contribution is -2.26. The van der Waals surface area contributed by atoms with Crippen molar-refractivity contribution in [3.8, 4) is 11.3 Å². The number of hydrogen-bond acceptors (Lipinski definition) is 6. The molecule has 158 valence electrons. The predicted octanol–water partition coefficient (Wildman–Crippen LogP) is 5.45. The van der Waals surface area contributed by atoms with Gasteiger partial charge in [0.05, 0.1) is 30.0 Å². The van der Waals surface area contributed by atoms with Gasteiger partial charge < -0.3 is 14.7 Å². The number of carbonyl (C=O) groups is 1. The van der Waals surface area contributed by atoms with Gasteiger partial charge in [-0.2, -0.15) is 0 Å². The molecule has 1 aliphatic rings. The van der Waals surface area contributed by atoms with E-state index in [9.17, 15) is 9.90 Å². The number of anilines is 1. The van der Waals surface area contributed by atoms with Gasteiger partial charge in [-0.1, -0.05) is 42.8 Å². The number of amidine groups is 1. The predicted molar refractivity (Wildman–Crippen MR) is 124 cm³/mol. The number of aromatic nitrogens is 1. The summed E-state index contributed by atoms with van der Waals surface area (Å²) in [5, 5.41) is 21.8. The second kappa shape index (κ2) is 8.73. The van der Waals surface area contributed by atoms with Crippen LogP contribution in [0.3, 0.4) is 0 Å². The van der Waals surface area contributed by atoms with Crippen LogP contribution in [-0.4, -0.2) is 35.0 Å². The number of aliphatic hydroxyl groups excluding tert-OH is 1.